The highest BCUT2D eigenvalue weighted by Gasteiger charge is 2.13. The van der Waals surface area contributed by atoms with Gasteiger partial charge in [0.2, 0.25) is 0 Å². The number of nitrogens with one attached hydrogen (secondary N) is 2. The summed E-state index contributed by atoms with van der Waals surface area (Å²) in [7, 11) is 0. The van der Waals surface area contributed by atoms with Crippen molar-refractivity contribution in [3.63, 3.8) is 0 Å². The summed E-state index contributed by atoms with van der Waals surface area (Å²) in [5, 5.41) is 5.89. The van der Waals surface area contributed by atoms with Crippen LogP contribution in [0.5, 0.6) is 0 Å². The van der Waals surface area contributed by atoms with Gasteiger partial charge >= 0.3 is 0 Å². The van der Waals surface area contributed by atoms with Gasteiger partial charge in [0, 0.05) is 12.2 Å². The number of aromatic nitrogens is 1. The average molecular weight is 308 g/mol. The third kappa shape index (κ3) is 4.16. The van der Waals surface area contributed by atoms with Gasteiger partial charge in [0.05, 0.1) is 5.02 Å². The summed E-state index contributed by atoms with van der Waals surface area (Å²) < 4.78 is 13.1. The van der Waals surface area contributed by atoms with Gasteiger partial charge in [-0.2, -0.15) is 0 Å². The minimum absolute atomic E-state index is 0.0991. The molecular formula is C15H15ClFN3O. The van der Waals surface area contributed by atoms with E-state index in [1.807, 2.05) is 6.92 Å². The number of carbonyl (C=O) groups is 1. The summed E-state index contributed by atoms with van der Waals surface area (Å²) in [6.07, 6.45) is 0.940. The van der Waals surface area contributed by atoms with Crippen molar-refractivity contribution in [1.29, 1.82) is 0 Å². The number of rotatable bonds is 5. The normalized spacial score (nSPS) is 10.2. The van der Waals surface area contributed by atoms with Crippen LogP contribution in [0.1, 0.15) is 23.8 Å². The summed E-state index contributed by atoms with van der Waals surface area (Å²) in [5.41, 5.74) is 0.451. The van der Waals surface area contributed by atoms with Crippen molar-refractivity contribution in [3.05, 3.63) is 52.9 Å². The van der Waals surface area contributed by atoms with Crippen LogP contribution in [0, 0.1) is 5.82 Å². The van der Waals surface area contributed by atoms with Gasteiger partial charge in [-0.05, 0) is 36.8 Å². The molecule has 2 rings (SSSR count). The molecule has 2 aromatic rings. The number of amides is 1. The van der Waals surface area contributed by atoms with Crippen LogP contribution in [0.3, 0.4) is 0 Å². The molecule has 0 aliphatic rings. The molecule has 0 radical (unpaired) electrons. The molecule has 1 aromatic heterocycles. The number of hydrogen-bond donors (Lipinski definition) is 2. The Bertz CT molecular complexity index is 649. The van der Waals surface area contributed by atoms with Gasteiger partial charge in [-0.25, -0.2) is 9.37 Å². The molecule has 0 bridgehead atoms. The molecule has 4 nitrogen and oxygen atoms in total. The number of nitrogens with zero attached hydrogens (tertiary/aromatic N) is 1. The third-order valence-corrected chi connectivity index (χ3v) is 3.00. The van der Waals surface area contributed by atoms with Crippen molar-refractivity contribution in [2.24, 2.45) is 0 Å². The van der Waals surface area contributed by atoms with Crippen LogP contribution >= 0.6 is 11.6 Å². The van der Waals surface area contributed by atoms with Crippen molar-refractivity contribution in [1.82, 2.24) is 4.98 Å². The zero-order chi connectivity index (χ0) is 15.2. The van der Waals surface area contributed by atoms with Crippen LogP contribution in [0.4, 0.5) is 15.9 Å². The van der Waals surface area contributed by atoms with Crippen LogP contribution in [0.2, 0.25) is 5.02 Å². The van der Waals surface area contributed by atoms with Crippen LogP contribution in [0.15, 0.2) is 36.4 Å². The molecule has 0 saturated carbocycles. The van der Waals surface area contributed by atoms with E-state index in [-0.39, 0.29) is 10.7 Å². The van der Waals surface area contributed by atoms with Crippen LogP contribution < -0.4 is 10.6 Å². The Morgan fingerprint density at radius 3 is 2.86 bits per heavy atom. The van der Waals surface area contributed by atoms with E-state index in [4.69, 9.17) is 11.6 Å². The van der Waals surface area contributed by atoms with E-state index < -0.39 is 11.7 Å². The second-order valence-electron chi connectivity index (χ2n) is 4.42. The highest BCUT2D eigenvalue weighted by Crippen LogP contribution is 2.19. The number of benzene rings is 1. The van der Waals surface area contributed by atoms with Gasteiger partial charge in [0.1, 0.15) is 17.3 Å². The van der Waals surface area contributed by atoms with Crippen molar-refractivity contribution in [2.45, 2.75) is 13.3 Å². The SMILES string of the molecule is CCCNc1ccc(Cl)c(C(=O)Nc2cccc(F)c2)n1. The van der Waals surface area contributed by atoms with Crippen molar-refractivity contribution in [2.75, 3.05) is 17.2 Å². The molecule has 0 atom stereocenters. The second-order valence-corrected chi connectivity index (χ2v) is 4.83. The maximum atomic E-state index is 13.1. The van der Waals surface area contributed by atoms with E-state index in [1.165, 1.54) is 18.2 Å². The van der Waals surface area contributed by atoms with Gasteiger partial charge < -0.3 is 10.6 Å². The molecule has 1 aromatic carbocycles. The van der Waals surface area contributed by atoms with Crippen LogP contribution in [-0.4, -0.2) is 17.4 Å². The van der Waals surface area contributed by atoms with Gasteiger partial charge in [-0.3, -0.25) is 4.79 Å². The maximum Gasteiger partial charge on any atom is 0.275 e. The Balaban J connectivity index is 2.18. The number of pyridine rings is 1. The first-order valence-corrected chi connectivity index (χ1v) is 6.95. The summed E-state index contributed by atoms with van der Waals surface area (Å²) in [5.74, 6) is -0.332. The van der Waals surface area contributed by atoms with Gasteiger partial charge in [-0.15, -0.1) is 0 Å². The maximum absolute atomic E-state index is 13.1. The molecule has 0 spiro atoms. The van der Waals surface area contributed by atoms with E-state index in [0.717, 1.165) is 13.0 Å². The minimum Gasteiger partial charge on any atom is -0.370 e. The predicted molar refractivity (Wildman–Crippen MR) is 82.4 cm³/mol. The highest BCUT2D eigenvalue weighted by atomic mass is 35.5. The first kappa shape index (κ1) is 15.3. The van der Waals surface area contributed by atoms with Gasteiger partial charge in [0.25, 0.3) is 5.91 Å². The zero-order valence-electron chi connectivity index (χ0n) is 11.5. The molecule has 21 heavy (non-hydrogen) atoms. The smallest absolute Gasteiger partial charge is 0.275 e. The molecule has 0 unspecified atom stereocenters. The van der Waals surface area contributed by atoms with Crippen LogP contribution in [-0.2, 0) is 0 Å². The van der Waals surface area contributed by atoms with Crippen LogP contribution in [0.25, 0.3) is 0 Å². The van der Waals surface area contributed by atoms with E-state index in [9.17, 15) is 9.18 Å². The zero-order valence-corrected chi connectivity index (χ0v) is 12.2. The number of carbonyl (C=O) groups excluding carboxylic acids is 1. The Morgan fingerprint density at radius 2 is 2.14 bits per heavy atom. The quantitative estimate of drug-likeness (QED) is 0.879. The molecule has 2 N–H and O–H groups in total. The Labute approximate surface area is 127 Å². The molecule has 0 fully saturated rings. The average Bonchev–Trinajstić information content (AvgIpc) is 2.46. The minimum atomic E-state index is -0.481. The lowest BCUT2D eigenvalue weighted by Crippen LogP contribution is -2.15. The number of hydrogen-bond acceptors (Lipinski definition) is 3. The molecule has 0 aliphatic heterocycles. The Morgan fingerprint density at radius 1 is 1.33 bits per heavy atom. The summed E-state index contributed by atoms with van der Waals surface area (Å²) >= 11 is 6.00. The van der Waals surface area contributed by atoms with Crippen molar-refractivity contribution >= 4 is 29.0 Å². The fourth-order valence-electron chi connectivity index (χ4n) is 1.71. The topological polar surface area (TPSA) is 54.0 Å². The standard InChI is InChI=1S/C15H15ClFN3O/c1-2-8-18-13-7-6-12(16)14(20-13)15(21)19-11-5-3-4-10(17)9-11/h3-7,9H,2,8H2,1H3,(H,18,20)(H,19,21). The summed E-state index contributed by atoms with van der Waals surface area (Å²) in [6, 6.07) is 8.94. The third-order valence-electron chi connectivity index (χ3n) is 2.70. The largest absolute Gasteiger partial charge is 0.370 e. The molecule has 0 saturated heterocycles. The summed E-state index contributed by atoms with van der Waals surface area (Å²) in [6.45, 7) is 2.78. The Kier molecular flexibility index (Phi) is 5.11. The van der Waals surface area contributed by atoms with Gasteiger partial charge in [0.15, 0.2) is 0 Å². The Hall–Kier alpha value is -2.14. The predicted octanol–water partition coefficient (Wildman–Crippen LogP) is 3.95. The van der Waals surface area contributed by atoms with E-state index in [2.05, 4.69) is 15.6 Å². The lowest BCUT2D eigenvalue weighted by atomic mass is 10.2. The molecule has 6 heteroatoms. The van der Waals surface area contributed by atoms with E-state index in [0.29, 0.717) is 11.5 Å². The fourth-order valence-corrected chi connectivity index (χ4v) is 1.90. The lowest BCUT2D eigenvalue weighted by Gasteiger charge is -2.09. The van der Waals surface area contributed by atoms with Crippen molar-refractivity contribution in [3.8, 4) is 0 Å². The monoisotopic (exact) mass is 307 g/mol. The highest BCUT2D eigenvalue weighted by molar-refractivity contribution is 6.34. The molecule has 1 heterocycles. The lowest BCUT2D eigenvalue weighted by molar-refractivity contribution is 0.102. The molecular weight excluding hydrogens is 293 g/mol. The van der Waals surface area contributed by atoms with Gasteiger partial charge in [-0.1, -0.05) is 24.6 Å². The summed E-state index contributed by atoms with van der Waals surface area (Å²) in [4.78, 5) is 16.3. The number of anilines is 2. The molecule has 1 amide bonds. The second kappa shape index (κ2) is 7.04. The fraction of sp³-hybridized carbons (Fsp3) is 0.200. The van der Waals surface area contributed by atoms with E-state index in [1.54, 1.807) is 18.2 Å². The number of halogens is 2. The molecule has 110 valence electrons. The first-order valence-electron chi connectivity index (χ1n) is 6.57. The first-order chi connectivity index (χ1) is 10.1. The van der Waals surface area contributed by atoms with E-state index >= 15 is 0 Å². The van der Waals surface area contributed by atoms with Crippen molar-refractivity contribution < 1.29 is 9.18 Å². The molecule has 0 aliphatic carbocycles.